The van der Waals surface area contributed by atoms with E-state index in [4.69, 9.17) is 10.00 Å². The predicted molar refractivity (Wildman–Crippen MR) is 120 cm³/mol. The molecule has 8 heteroatoms. The van der Waals surface area contributed by atoms with Gasteiger partial charge in [-0.3, -0.25) is 14.9 Å². The van der Waals surface area contributed by atoms with Crippen LogP contribution in [0.4, 0.5) is 5.69 Å². The molecule has 1 fully saturated rings. The van der Waals surface area contributed by atoms with Gasteiger partial charge in [-0.25, -0.2) is 0 Å². The van der Waals surface area contributed by atoms with Crippen LogP contribution in [-0.4, -0.2) is 41.0 Å². The fraction of sp³-hybridized carbons (Fsp3) is 0.417. The Morgan fingerprint density at radius 3 is 2.78 bits per heavy atom. The van der Waals surface area contributed by atoms with Gasteiger partial charge < -0.3 is 15.0 Å². The number of amides is 1. The first-order valence-corrected chi connectivity index (χ1v) is 10.8. The number of nitro benzene ring substituents is 1. The quantitative estimate of drug-likeness (QED) is 0.476. The van der Waals surface area contributed by atoms with E-state index in [1.165, 1.54) is 12.1 Å². The fourth-order valence-electron chi connectivity index (χ4n) is 3.84. The SMILES string of the molecule is CC(NCc1cccc([N+](=O)[O-])c1)C(=O)N1CCCCC1COCc1ccc(C#N)cc1. The maximum Gasteiger partial charge on any atom is 0.269 e. The summed E-state index contributed by atoms with van der Waals surface area (Å²) < 4.78 is 5.90. The maximum atomic E-state index is 13.1. The Balaban J connectivity index is 1.51. The number of carbonyl (C=O) groups is 1. The van der Waals surface area contributed by atoms with Gasteiger partial charge in [0.15, 0.2) is 0 Å². The zero-order chi connectivity index (χ0) is 22.9. The van der Waals surface area contributed by atoms with E-state index in [0.29, 0.717) is 31.9 Å². The van der Waals surface area contributed by atoms with Gasteiger partial charge in [0.1, 0.15) is 0 Å². The Bertz CT molecular complexity index is 971. The second-order valence-corrected chi connectivity index (χ2v) is 8.03. The second kappa shape index (κ2) is 11.4. The van der Waals surface area contributed by atoms with Gasteiger partial charge in [0.25, 0.3) is 5.69 Å². The van der Waals surface area contributed by atoms with E-state index in [1.54, 1.807) is 24.3 Å². The molecule has 1 N–H and O–H groups in total. The second-order valence-electron chi connectivity index (χ2n) is 8.03. The Morgan fingerprint density at radius 2 is 2.06 bits per heavy atom. The molecule has 168 valence electrons. The van der Waals surface area contributed by atoms with E-state index in [9.17, 15) is 14.9 Å². The molecule has 1 aliphatic heterocycles. The van der Waals surface area contributed by atoms with Crippen molar-refractivity contribution >= 4 is 11.6 Å². The van der Waals surface area contributed by atoms with Gasteiger partial charge in [-0.05, 0) is 49.4 Å². The predicted octanol–water partition coefficient (Wildman–Crippen LogP) is 3.54. The molecule has 2 aromatic carbocycles. The molecule has 1 aliphatic rings. The highest BCUT2D eigenvalue weighted by atomic mass is 16.6. The van der Waals surface area contributed by atoms with Crippen molar-refractivity contribution in [2.45, 2.75) is 51.4 Å². The van der Waals surface area contributed by atoms with Crippen molar-refractivity contribution in [1.82, 2.24) is 10.2 Å². The van der Waals surface area contributed by atoms with Crippen molar-refractivity contribution in [3.63, 3.8) is 0 Å². The molecule has 2 aromatic rings. The number of nitriles is 1. The lowest BCUT2D eigenvalue weighted by atomic mass is 10.0. The first kappa shape index (κ1) is 23.4. The molecule has 0 saturated carbocycles. The largest absolute Gasteiger partial charge is 0.375 e. The molecule has 0 aliphatic carbocycles. The monoisotopic (exact) mass is 436 g/mol. The summed E-state index contributed by atoms with van der Waals surface area (Å²) in [6.07, 6.45) is 2.93. The summed E-state index contributed by atoms with van der Waals surface area (Å²) in [5, 5.41) is 23.0. The average molecular weight is 437 g/mol. The van der Waals surface area contributed by atoms with Crippen molar-refractivity contribution in [2.24, 2.45) is 0 Å². The van der Waals surface area contributed by atoms with Crippen LogP contribution in [0.3, 0.4) is 0 Å². The molecule has 0 bridgehead atoms. The van der Waals surface area contributed by atoms with Crippen LogP contribution in [0.2, 0.25) is 0 Å². The van der Waals surface area contributed by atoms with Gasteiger partial charge in [-0.2, -0.15) is 5.26 Å². The standard InChI is InChI=1S/C24H28N4O4/c1-18(26-15-21-5-4-7-22(13-21)28(30)31)24(29)27-12-3-2-6-23(27)17-32-16-20-10-8-19(14-25)9-11-20/h4-5,7-11,13,18,23,26H,2-3,6,12,15-17H2,1H3. The topological polar surface area (TPSA) is 108 Å². The van der Waals surface area contributed by atoms with Gasteiger partial charge in [0.2, 0.25) is 5.91 Å². The van der Waals surface area contributed by atoms with Crippen LogP contribution in [0.25, 0.3) is 0 Å². The molecule has 1 amide bonds. The van der Waals surface area contributed by atoms with E-state index in [2.05, 4.69) is 11.4 Å². The van der Waals surface area contributed by atoms with Gasteiger partial charge in [0, 0.05) is 25.2 Å². The van der Waals surface area contributed by atoms with E-state index < -0.39 is 11.0 Å². The third-order valence-electron chi connectivity index (χ3n) is 5.68. The fourth-order valence-corrected chi connectivity index (χ4v) is 3.84. The first-order valence-electron chi connectivity index (χ1n) is 10.8. The van der Waals surface area contributed by atoms with Crippen LogP contribution in [0.15, 0.2) is 48.5 Å². The maximum absolute atomic E-state index is 13.1. The Morgan fingerprint density at radius 1 is 1.28 bits per heavy atom. The zero-order valence-corrected chi connectivity index (χ0v) is 18.2. The van der Waals surface area contributed by atoms with Crippen molar-refractivity contribution in [1.29, 1.82) is 5.26 Å². The summed E-state index contributed by atoms with van der Waals surface area (Å²) in [7, 11) is 0. The number of carbonyl (C=O) groups excluding carboxylic acids is 1. The highest BCUT2D eigenvalue weighted by molar-refractivity contribution is 5.81. The minimum Gasteiger partial charge on any atom is -0.375 e. The van der Waals surface area contributed by atoms with Crippen LogP contribution >= 0.6 is 0 Å². The number of hydrogen-bond donors (Lipinski definition) is 1. The number of benzene rings is 2. The van der Waals surface area contributed by atoms with Crippen LogP contribution in [-0.2, 0) is 22.7 Å². The highest BCUT2D eigenvalue weighted by Crippen LogP contribution is 2.19. The number of rotatable bonds is 9. The molecule has 1 heterocycles. The number of hydrogen-bond acceptors (Lipinski definition) is 6. The summed E-state index contributed by atoms with van der Waals surface area (Å²) in [5.74, 6) is 0.0158. The van der Waals surface area contributed by atoms with E-state index >= 15 is 0 Å². The van der Waals surface area contributed by atoms with E-state index in [1.807, 2.05) is 24.0 Å². The number of nitrogens with one attached hydrogen (secondary N) is 1. The molecule has 8 nitrogen and oxygen atoms in total. The molecule has 1 saturated heterocycles. The number of nitrogens with zero attached hydrogens (tertiary/aromatic N) is 3. The van der Waals surface area contributed by atoms with Gasteiger partial charge >= 0.3 is 0 Å². The number of ether oxygens (including phenoxy) is 1. The summed E-state index contributed by atoms with van der Waals surface area (Å²) in [5.41, 5.74) is 2.41. The van der Waals surface area contributed by atoms with Gasteiger partial charge in [-0.1, -0.05) is 24.3 Å². The van der Waals surface area contributed by atoms with E-state index in [0.717, 1.165) is 30.4 Å². The Hall–Kier alpha value is -3.28. The Labute approximate surface area is 187 Å². The number of non-ortho nitro benzene ring substituents is 1. The zero-order valence-electron chi connectivity index (χ0n) is 18.2. The summed E-state index contributed by atoms with van der Waals surface area (Å²) >= 11 is 0. The van der Waals surface area contributed by atoms with Crippen molar-refractivity contribution < 1.29 is 14.5 Å². The van der Waals surface area contributed by atoms with Crippen LogP contribution < -0.4 is 5.32 Å². The lowest BCUT2D eigenvalue weighted by Crippen LogP contribution is -2.52. The average Bonchev–Trinajstić information content (AvgIpc) is 2.83. The molecule has 0 spiro atoms. The lowest BCUT2D eigenvalue weighted by molar-refractivity contribution is -0.384. The summed E-state index contributed by atoms with van der Waals surface area (Å²) in [6, 6.07) is 15.4. The number of piperidine rings is 1. The molecule has 0 radical (unpaired) electrons. The van der Waals surface area contributed by atoms with Gasteiger partial charge in [-0.15, -0.1) is 0 Å². The summed E-state index contributed by atoms with van der Waals surface area (Å²) in [6.45, 7) is 3.80. The first-order chi connectivity index (χ1) is 15.5. The van der Waals surface area contributed by atoms with Crippen LogP contribution in [0.5, 0.6) is 0 Å². The third-order valence-corrected chi connectivity index (χ3v) is 5.68. The number of nitro groups is 1. The third kappa shape index (κ3) is 6.36. The normalized spacial score (nSPS) is 16.9. The van der Waals surface area contributed by atoms with Crippen molar-refractivity contribution in [2.75, 3.05) is 13.2 Å². The Kier molecular flexibility index (Phi) is 8.31. The molecule has 2 atom stereocenters. The molecule has 0 aromatic heterocycles. The molecular weight excluding hydrogens is 408 g/mol. The molecule has 2 unspecified atom stereocenters. The minimum absolute atomic E-state index is 0.0158. The van der Waals surface area contributed by atoms with Crippen LogP contribution in [0, 0.1) is 21.4 Å². The minimum atomic E-state index is -0.422. The molecular formula is C24H28N4O4. The number of likely N-dealkylation sites (tertiary alicyclic amines) is 1. The van der Waals surface area contributed by atoms with E-state index in [-0.39, 0.29) is 17.6 Å². The smallest absolute Gasteiger partial charge is 0.269 e. The van der Waals surface area contributed by atoms with Crippen molar-refractivity contribution in [3.05, 3.63) is 75.3 Å². The van der Waals surface area contributed by atoms with Gasteiger partial charge in [0.05, 0.1) is 41.9 Å². The van der Waals surface area contributed by atoms with Crippen LogP contribution in [0.1, 0.15) is 42.9 Å². The molecule has 32 heavy (non-hydrogen) atoms. The molecule has 3 rings (SSSR count). The highest BCUT2D eigenvalue weighted by Gasteiger charge is 2.29. The van der Waals surface area contributed by atoms with Crippen molar-refractivity contribution in [3.8, 4) is 6.07 Å². The summed E-state index contributed by atoms with van der Waals surface area (Å²) in [4.78, 5) is 25.5. The lowest BCUT2D eigenvalue weighted by Gasteiger charge is -2.37.